The van der Waals surface area contributed by atoms with Crippen LogP contribution in [0.4, 0.5) is 0 Å². The molecule has 1 fully saturated rings. The molecule has 164 valence electrons. The zero-order chi connectivity index (χ0) is 21.0. The molecule has 0 radical (unpaired) electrons. The Bertz CT molecular complexity index is 468. The highest BCUT2D eigenvalue weighted by Gasteiger charge is 2.05. The molecule has 1 unspecified atom stereocenters. The summed E-state index contributed by atoms with van der Waals surface area (Å²) in [4.78, 5) is 10.6. The van der Waals surface area contributed by atoms with Gasteiger partial charge in [-0.3, -0.25) is 4.79 Å². The first-order valence-corrected chi connectivity index (χ1v) is 12.1. The smallest absolute Gasteiger partial charge is 0.135 e. The minimum Gasteiger partial charge on any atom is -0.377 e. The zero-order valence-corrected chi connectivity index (χ0v) is 20.0. The third-order valence-electron chi connectivity index (χ3n) is 4.34. The maximum atomic E-state index is 10.6. The Morgan fingerprint density at radius 1 is 1.18 bits per heavy atom. The van der Waals surface area contributed by atoms with Gasteiger partial charge in [0.05, 0.1) is 35.6 Å². The van der Waals surface area contributed by atoms with Crippen LogP contribution in [0.15, 0.2) is 0 Å². The molecule has 0 saturated heterocycles. The standard InChI is InChI=1S/C9H21NOS.C6H8N2OS.C6H12/c1-3-6-11-9(4-2)8-10-5-7-12;1-4(9)3-6-5(2)7-10-8-6;1-2-4-6-5-3-1/h9-10,12H,3-8H2,1-2H3;3H2,1-2H3;1-6H2. The van der Waals surface area contributed by atoms with E-state index < -0.39 is 0 Å². The first-order valence-electron chi connectivity index (χ1n) is 10.8. The van der Waals surface area contributed by atoms with Crippen LogP contribution in [0.2, 0.25) is 0 Å². The molecule has 1 aliphatic rings. The summed E-state index contributed by atoms with van der Waals surface area (Å²) in [6.07, 6.45) is 12.0. The van der Waals surface area contributed by atoms with Crippen molar-refractivity contribution in [2.45, 2.75) is 91.6 Å². The number of nitrogens with one attached hydrogen (secondary N) is 1. The number of ketones is 1. The molecule has 1 aromatic rings. The summed E-state index contributed by atoms with van der Waals surface area (Å²) < 4.78 is 13.5. The lowest BCUT2D eigenvalue weighted by Gasteiger charge is -2.15. The number of hydrogen-bond donors (Lipinski definition) is 2. The fourth-order valence-corrected chi connectivity index (χ4v) is 3.38. The first kappa shape index (κ1) is 27.5. The number of ether oxygens (including phenoxy) is 1. The van der Waals surface area contributed by atoms with Gasteiger partial charge in [-0.1, -0.05) is 52.4 Å². The topological polar surface area (TPSA) is 64.1 Å². The molecule has 2 rings (SSSR count). The number of carbonyl (C=O) groups excluding carboxylic acids is 1. The van der Waals surface area contributed by atoms with E-state index >= 15 is 0 Å². The Kier molecular flexibility index (Phi) is 19.4. The van der Waals surface area contributed by atoms with Gasteiger partial charge in [0.1, 0.15) is 5.78 Å². The number of aromatic nitrogens is 2. The Morgan fingerprint density at radius 3 is 2.18 bits per heavy atom. The van der Waals surface area contributed by atoms with Gasteiger partial charge in [-0.15, -0.1) is 0 Å². The Balaban J connectivity index is 0.000000409. The van der Waals surface area contributed by atoms with Crippen molar-refractivity contribution >= 4 is 30.1 Å². The summed E-state index contributed by atoms with van der Waals surface area (Å²) in [5, 5.41) is 3.29. The number of Topliss-reactive ketones (excluding diaryl/α,β-unsaturated/α-hetero) is 1. The predicted molar refractivity (Wildman–Crippen MR) is 124 cm³/mol. The largest absolute Gasteiger partial charge is 0.377 e. The lowest BCUT2D eigenvalue weighted by Crippen LogP contribution is -2.30. The van der Waals surface area contributed by atoms with Crippen molar-refractivity contribution in [1.29, 1.82) is 0 Å². The van der Waals surface area contributed by atoms with Crippen LogP contribution in [0.5, 0.6) is 0 Å². The summed E-state index contributed by atoms with van der Waals surface area (Å²) in [5.41, 5.74) is 1.69. The van der Waals surface area contributed by atoms with Gasteiger partial charge in [0.25, 0.3) is 0 Å². The number of thiol groups is 1. The van der Waals surface area contributed by atoms with Crippen molar-refractivity contribution in [3.05, 3.63) is 11.4 Å². The predicted octanol–water partition coefficient (Wildman–Crippen LogP) is 5.03. The van der Waals surface area contributed by atoms with E-state index in [-0.39, 0.29) is 5.78 Å². The Labute approximate surface area is 182 Å². The fourth-order valence-electron chi connectivity index (χ4n) is 2.65. The molecule has 1 N–H and O–H groups in total. The van der Waals surface area contributed by atoms with E-state index in [0.29, 0.717) is 12.5 Å². The van der Waals surface area contributed by atoms with Crippen LogP contribution in [-0.4, -0.2) is 46.1 Å². The van der Waals surface area contributed by atoms with Gasteiger partial charge in [-0.25, -0.2) is 0 Å². The molecule has 7 heteroatoms. The van der Waals surface area contributed by atoms with Crippen molar-refractivity contribution in [3.63, 3.8) is 0 Å². The lowest BCUT2D eigenvalue weighted by molar-refractivity contribution is -0.116. The Morgan fingerprint density at radius 2 is 1.79 bits per heavy atom. The van der Waals surface area contributed by atoms with Crippen molar-refractivity contribution in [2.24, 2.45) is 0 Å². The maximum absolute atomic E-state index is 10.6. The van der Waals surface area contributed by atoms with Gasteiger partial charge < -0.3 is 10.1 Å². The molecular formula is C21H41N3O2S2. The molecule has 1 aromatic heterocycles. The third kappa shape index (κ3) is 16.5. The van der Waals surface area contributed by atoms with E-state index in [0.717, 1.165) is 61.4 Å². The van der Waals surface area contributed by atoms with E-state index in [2.05, 4.69) is 40.5 Å². The fraction of sp³-hybridized carbons (Fsp3) is 0.857. The van der Waals surface area contributed by atoms with Gasteiger partial charge in [0.15, 0.2) is 0 Å². The summed E-state index contributed by atoms with van der Waals surface area (Å²) in [6, 6.07) is 0. The number of nitrogens with zero attached hydrogens (tertiary/aromatic N) is 2. The van der Waals surface area contributed by atoms with Crippen molar-refractivity contribution in [2.75, 3.05) is 25.4 Å². The van der Waals surface area contributed by atoms with Crippen LogP contribution in [-0.2, 0) is 16.0 Å². The summed E-state index contributed by atoms with van der Waals surface area (Å²) in [7, 11) is 0. The van der Waals surface area contributed by atoms with Crippen molar-refractivity contribution in [3.8, 4) is 0 Å². The molecule has 0 amide bonds. The van der Waals surface area contributed by atoms with Crippen LogP contribution in [0.3, 0.4) is 0 Å². The van der Waals surface area contributed by atoms with E-state index in [9.17, 15) is 4.79 Å². The monoisotopic (exact) mass is 431 g/mol. The lowest BCUT2D eigenvalue weighted by atomic mass is 10.0. The van der Waals surface area contributed by atoms with Gasteiger partial charge >= 0.3 is 0 Å². The normalized spacial score (nSPS) is 14.3. The summed E-state index contributed by atoms with van der Waals surface area (Å²) in [5.74, 6) is 1.03. The van der Waals surface area contributed by atoms with Crippen LogP contribution in [0, 0.1) is 6.92 Å². The molecule has 1 saturated carbocycles. The minimum atomic E-state index is 0.135. The van der Waals surface area contributed by atoms with E-state index in [1.807, 2.05) is 6.92 Å². The van der Waals surface area contributed by atoms with Gasteiger partial charge in [0, 0.05) is 25.4 Å². The molecule has 1 aliphatic carbocycles. The second kappa shape index (κ2) is 19.8. The number of hydrogen-bond acceptors (Lipinski definition) is 7. The number of aryl methyl sites for hydroxylation is 1. The van der Waals surface area contributed by atoms with E-state index in [1.54, 1.807) is 6.92 Å². The molecule has 0 spiro atoms. The van der Waals surface area contributed by atoms with Gasteiger partial charge in [0.2, 0.25) is 0 Å². The van der Waals surface area contributed by atoms with Crippen LogP contribution in [0.1, 0.15) is 83.5 Å². The molecule has 0 aliphatic heterocycles. The quantitative estimate of drug-likeness (QED) is 0.402. The number of rotatable bonds is 10. The average Bonchev–Trinajstić information content (AvgIpc) is 3.11. The van der Waals surface area contributed by atoms with Crippen molar-refractivity contribution < 1.29 is 9.53 Å². The average molecular weight is 432 g/mol. The molecular weight excluding hydrogens is 390 g/mol. The zero-order valence-electron chi connectivity index (χ0n) is 18.3. The van der Waals surface area contributed by atoms with Crippen molar-refractivity contribution in [1.82, 2.24) is 14.1 Å². The summed E-state index contributed by atoms with van der Waals surface area (Å²) >= 11 is 5.28. The molecule has 28 heavy (non-hydrogen) atoms. The maximum Gasteiger partial charge on any atom is 0.135 e. The second-order valence-corrected chi connectivity index (χ2v) is 8.10. The highest BCUT2D eigenvalue weighted by atomic mass is 32.1. The molecule has 0 bridgehead atoms. The minimum absolute atomic E-state index is 0.135. The molecule has 1 atom stereocenters. The third-order valence-corrected chi connectivity index (χ3v) is 5.22. The first-order chi connectivity index (χ1) is 13.5. The molecule has 5 nitrogen and oxygen atoms in total. The highest BCUT2D eigenvalue weighted by Crippen LogP contribution is 2.15. The molecule has 0 aromatic carbocycles. The SMILES string of the molecule is C1CCCCC1.CC(=O)Cc1nsnc1C.CCCOC(CC)CNCCS. The van der Waals surface area contributed by atoms with Crippen LogP contribution >= 0.6 is 24.4 Å². The van der Waals surface area contributed by atoms with E-state index in [1.165, 1.54) is 38.5 Å². The highest BCUT2D eigenvalue weighted by molar-refractivity contribution is 7.80. The van der Waals surface area contributed by atoms with Gasteiger partial charge in [-0.2, -0.15) is 21.4 Å². The van der Waals surface area contributed by atoms with E-state index in [4.69, 9.17) is 4.74 Å². The Hall–Kier alpha value is -0.500. The van der Waals surface area contributed by atoms with Crippen LogP contribution in [0.25, 0.3) is 0 Å². The summed E-state index contributed by atoms with van der Waals surface area (Å²) in [6.45, 7) is 10.5. The number of carbonyl (C=O) groups is 1. The van der Waals surface area contributed by atoms with Gasteiger partial charge in [-0.05, 0) is 26.7 Å². The molecule has 1 heterocycles. The van der Waals surface area contributed by atoms with Crippen LogP contribution < -0.4 is 5.32 Å². The second-order valence-electron chi connectivity index (χ2n) is 7.13.